The molecule has 2 heteroatoms. The maximum absolute atomic E-state index is 10.1. The van der Waals surface area contributed by atoms with Gasteiger partial charge in [-0.25, -0.2) is 0 Å². The van der Waals surface area contributed by atoms with Crippen LogP contribution in [0.5, 0.6) is 0 Å². The van der Waals surface area contributed by atoms with Crippen molar-refractivity contribution >= 4 is 10.9 Å². The minimum absolute atomic E-state index is 0.319. The average Bonchev–Trinajstić information content (AvgIpc) is 2.29. The minimum atomic E-state index is -0.319. The third-order valence-corrected chi connectivity index (χ3v) is 3.47. The molecule has 1 aromatic heterocycles. The van der Waals surface area contributed by atoms with Gasteiger partial charge in [-0.05, 0) is 37.8 Å². The Morgan fingerprint density at radius 3 is 3.00 bits per heavy atom. The van der Waals surface area contributed by atoms with Crippen LogP contribution in [-0.2, 0) is 6.42 Å². The lowest BCUT2D eigenvalue weighted by Crippen LogP contribution is -2.12. The summed E-state index contributed by atoms with van der Waals surface area (Å²) >= 11 is 0. The monoisotopic (exact) mass is 213 g/mol. The van der Waals surface area contributed by atoms with E-state index in [0.29, 0.717) is 0 Å². The molecular formula is C14H15NO. The molecule has 0 bridgehead atoms. The van der Waals surface area contributed by atoms with Crippen LogP contribution >= 0.6 is 0 Å². The number of hydrogen-bond acceptors (Lipinski definition) is 2. The molecule has 82 valence electrons. The first-order valence-electron chi connectivity index (χ1n) is 5.83. The molecule has 0 amide bonds. The maximum Gasteiger partial charge on any atom is 0.0810 e. The van der Waals surface area contributed by atoms with Crippen LogP contribution in [0.4, 0.5) is 0 Å². The van der Waals surface area contributed by atoms with Gasteiger partial charge in [0, 0.05) is 16.6 Å². The van der Waals surface area contributed by atoms with Crippen molar-refractivity contribution in [2.75, 3.05) is 0 Å². The number of para-hydroxylation sites is 1. The Balaban J connectivity index is 2.39. The van der Waals surface area contributed by atoms with Crippen molar-refractivity contribution in [3.05, 3.63) is 41.1 Å². The zero-order chi connectivity index (χ0) is 11.1. The lowest BCUT2D eigenvalue weighted by molar-refractivity contribution is 0.155. The van der Waals surface area contributed by atoms with Crippen molar-refractivity contribution in [2.45, 2.75) is 32.3 Å². The zero-order valence-corrected chi connectivity index (χ0v) is 9.40. The van der Waals surface area contributed by atoms with Gasteiger partial charge >= 0.3 is 0 Å². The van der Waals surface area contributed by atoms with E-state index in [0.717, 1.165) is 36.0 Å². The van der Waals surface area contributed by atoms with Crippen LogP contribution in [0.15, 0.2) is 24.3 Å². The van der Waals surface area contributed by atoms with Crippen LogP contribution < -0.4 is 0 Å². The Bertz CT molecular complexity index is 548. The molecule has 2 nitrogen and oxygen atoms in total. The standard InChI is InChI=1S/C14H15NO/c1-9-14-11(6-4-8-13(14)16)10-5-2-3-7-12(10)15-9/h2-3,5,7,13,16H,4,6,8H2,1H3. The largest absolute Gasteiger partial charge is 0.388 e. The number of pyridine rings is 1. The molecule has 0 spiro atoms. The number of aliphatic hydroxyl groups excluding tert-OH is 1. The van der Waals surface area contributed by atoms with Crippen molar-refractivity contribution in [3.63, 3.8) is 0 Å². The lowest BCUT2D eigenvalue weighted by atomic mass is 9.86. The molecule has 0 saturated heterocycles. The zero-order valence-electron chi connectivity index (χ0n) is 9.40. The van der Waals surface area contributed by atoms with E-state index in [4.69, 9.17) is 0 Å². The van der Waals surface area contributed by atoms with Gasteiger partial charge in [0.1, 0.15) is 0 Å². The molecule has 0 radical (unpaired) electrons. The SMILES string of the molecule is Cc1nc2ccccc2c2c1C(O)CCC2. The number of nitrogens with zero attached hydrogens (tertiary/aromatic N) is 1. The second-order valence-electron chi connectivity index (χ2n) is 4.51. The molecule has 1 N–H and O–H groups in total. The number of aryl methyl sites for hydroxylation is 2. The second kappa shape index (κ2) is 3.56. The highest BCUT2D eigenvalue weighted by Gasteiger charge is 2.22. The smallest absolute Gasteiger partial charge is 0.0810 e. The molecule has 1 atom stereocenters. The first kappa shape index (κ1) is 9.79. The van der Waals surface area contributed by atoms with E-state index in [1.54, 1.807) is 0 Å². The highest BCUT2D eigenvalue weighted by atomic mass is 16.3. The number of fused-ring (bicyclic) bond motifs is 3. The summed E-state index contributed by atoms with van der Waals surface area (Å²) in [5.41, 5.74) is 4.42. The highest BCUT2D eigenvalue weighted by Crippen LogP contribution is 2.35. The maximum atomic E-state index is 10.1. The van der Waals surface area contributed by atoms with Crippen molar-refractivity contribution < 1.29 is 5.11 Å². The number of benzene rings is 1. The van der Waals surface area contributed by atoms with Gasteiger partial charge in [0.15, 0.2) is 0 Å². The number of aromatic nitrogens is 1. The molecule has 1 aromatic carbocycles. The van der Waals surface area contributed by atoms with Crippen molar-refractivity contribution in [1.29, 1.82) is 0 Å². The van der Waals surface area contributed by atoms with Crippen molar-refractivity contribution in [3.8, 4) is 0 Å². The highest BCUT2D eigenvalue weighted by molar-refractivity contribution is 5.84. The van der Waals surface area contributed by atoms with Gasteiger partial charge in [-0.3, -0.25) is 4.98 Å². The Labute approximate surface area is 94.9 Å². The summed E-state index contributed by atoms with van der Waals surface area (Å²) in [4.78, 5) is 4.58. The molecule has 16 heavy (non-hydrogen) atoms. The van der Waals surface area contributed by atoms with E-state index in [-0.39, 0.29) is 6.10 Å². The van der Waals surface area contributed by atoms with E-state index in [1.807, 2.05) is 25.1 Å². The van der Waals surface area contributed by atoms with E-state index >= 15 is 0 Å². The summed E-state index contributed by atoms with van der Waals surface area (Å²) in [7, 11) is 0. The van der Waals surface area contributed by atoms with E-state index < -0.39 is 0 Å². The molecule has 1 heterocycles. The number of rotatable bonds is 0. The first-order chi connectivity index (χ1) is 7.77. The van der Waals surface area contributed by atoms with Crippen LogP contribution in [0.1, 0.15) is 35.8 Å². The average molecular weight is 213 g/mol. The van der Waals surface area contributed by atoms with Gasteiger partial charge in [0.05, 0.1) is 11.6 Å². The summed E-state index contributed by atoms with van der Waals surface area (Å²) in [5.74, 6) is 0. The first-order valence-corrected chi connectivity index (χ1v) is 5.83. The lowest BCUT2D eigenvalue weighted by Gasteiger charge is -2.24. The van der Waals surface area contributed by atoms with Crippen LogP contribution in [0.2, 0.25) is 0 Å². The predicted molar refractivity (Wildman–Crippen MR) is 64.4 cm³/mol. The summed E-state index contributed by atoms with van der Waals surface area (Å²) in [6.07, 6.45) is 2.69. The Morgan fingerprint density at radius 1 is 1.31 bits per heavy atom. The number of hydrogen-bond donors (Lipinski definition) is 1. The van der Waals surface area contributed by atoms with Crippen LogP contribution in [0.3, 0.4) is 0 Å². The molecule has 0 saturated carbocycles. The fourth-order valence-corrected chi connectivity index (χ4v) is 2.76. The summed E-state index contributed by atoms with van der Waals surface area (Å²) < 4.78 is 0. The van der Waals surface area contributed by atoms with Crippen LogP contribution in [0, 0.1) is 6.92 Å². The minimum Gasteiger partial charge on any atom is -0.388 e. The van der Waals surface area contributed by atoms with Gasteiger partial charge in [-0.2, -0.15) is 0 Å². The third kappa shape index (κ3) is 1.34. The van der Waals surface area contributed by atoms with Gasteiger partial charge in [0.25, 0.3) is 0 Å². The summed E-state index contributed by atoms with van der Waals surface area (Å²) in [6, 6.07) is 8.21. The van der Waals surface area contributed by atoms with Crippen molar-refractivity contribution in [1.82, 2.24) is 4.98 Å². The summed E-state index contributed by atoms with van der Waals surface area (Å²) in [5, 5.41) is 11.3. The predicted octanol–water partition coefficient (Wildman–Crippen LogP) is 2.91. The molecule has 1 aliphatic carbocycles. The summed E-state index contributed by atoms with van der Waals surface area (Å²) in [6.45, 7) is 2.00. The molecule has 1 aliphatic rings. The Morgan fingerprint density at radius 2 is 2.12 bits per heavy atom. The second-order valence-corrected chi connectivity index (χ2v) is 4.51. The van der Waals surface area contributed by atoms with Gasteiger partial charge in [0.2, 0.25) is 0 Å². The fourth-order valence-electron chi connectivity index (χ4n) is 2.76. The molecule has 2 aromatic rings. The quantitative estimate of drug-likeness (QED) is 0.730. The molecule has 1 unspecified atom stereocenters. The van der Waals surface area contributed by atoms with E-state index in [9.17, 15) is 5.11 Å². The van der Waals surface area contributed by atoms with Gasteiger partial charge < -0.3 is 5.11 Å². The number of aliphatic hydroxyl groups is 1. The molecule has 0 fully saturated rings. The fraction of sp³-hybridized carbons (Fsp3) is 0.357. The Kier molecular flexibility index (Phi) is 2.18. The Hall–Kier alpha value is -1.41. The van der Waals surface area contributed by atoms with Crippen LogP contribution in [-0.4, -0.2) is 10.1 Å². The molecule has 3 rings (SSSR count). The topological polar surface area (TPSA) is 33.1 Å². The third-order valence-electron chi connectivity index (χ3n) is 3.47. The van der Waals surface area contributed by atoms with E-state index in [2.05, 4.69) is 11.1 Å². The van der Waals surface area contributed by atoms with E-state index in [1.165, 1.54) is 10.9 Å². The van der Waals surface area contributed by atoms with Gasteiger partial charge in [-0.1, -0.05) is 18.2 Å². The van der Waals surface area contributed by atoms with Gasteiger partial charge in [-0.15, -0.1) is 0 Å². The molecular weight excluding hydrogens is 198 g/mol. The normalized spacial score (nSPS) is 19.8. The molecule has 0 aliphatic heterocycles. The van der Waals surface area contributed by atoms with Crippen molar-refractivity contribution in [2.24, 2.45) is 0 Å². The van der Waals surface area contributed by atoms with Crippen LogP contribution in [0.25, 0.3) is 10.9 Å².